The van der Waals surface area contributed by atoms with E-state index in [9.17, 15) is 4.79 Å². The summed E-state index contributed by atoms with van der Waals surface area (Å²) in [5.41, 5.74) is 0.628. The van der Waals surface area contributed by atoms with Gasteiger partial charge in [-0.2, -0.15) is 0 Å². The second-order valence-corrected chi connectivity index (χ2v) is 4.04. The lowest BCUT2D eigenvalue weighted by Gasteiger charge is -2.17. The van der Waals surface area contributed by atoms with Gasteiger partial charge in [-0.3, -0.25) is 9.78 Å². The molecule has 0 bridgehead atoms. The molecule has 1 aromatic rings. The molecule has 0 aromatic carbocycles. The molecule has 0 atom stereocenters. The van der Waals surface area contributed by atoms with Crippen molar-refractivity contribution in [1.82, 2.24) is 14.9 Å². The van der Waals surface area contributed by atoms with Crippen molar-refractivity contribution >= 4 is 5.95 Å². The van der Waals surface area contributed by atoms with Crippen LogP contribution in [-0.4, -0.2) is 41.0 Å². The fourth-order valence-electron chi connectivity index (χ4n) is 1.71. The summed E-state index contributed by atoms with van der Waals surface area (Å²) < 4.78 is 0. The molecule has 5 heteroatoms. The molecule has 0 saturated carbocycles. The molecular weight excluding hydrogens is 216 g/mol. The van der Waals surface area contributed by atoms with Crippen molar-refractivity contribution in [3.8, 4) is 0 Å². The standard InChI is InChI=1S/C12H22N4O/c1-4-16(5-2)8-6-7-13-12-14-10(3)9-11(17)15-12/h9H,4-8H2,1-3H3,(H2,13,14,15,17). The van der Waals surface area contributed by atoms with E-state index in [0.717, 1.165) is 38.3 Å². The van der Waals surface area contributed by atoms with Gasteiger partial charge in [0.05, 0.1) is 0 Å². The van der Waals surface area contributed by atoms with Gasteiger partial charge in [-0.1, -0.05) is 13.8 Å². The lowest BCUT2D eigenvalue weighted by molar-refractivity contribution is 0.303. The summed E-state index contributed by atoms with van der Waals surface area (Å²) in [6.45, 7) is 10.2. The molecule has 1 heterocycles. The first-order valence-electron chi connectivity index (χ1n) is 6.20. The van der Waals surface area contributed by atoms with Crippen LogP contribution in [0.1, 0.15) is 26.0 Å². The van der Waals surface area contributed by atoms with Crippen LogP contribution >= 0.6 is 0 Å². The van der Waals surface area contributed by atoms with Gasteiger partial charge in [-0.05, 0) is 33.0 Å². The molecule has 2 N–H and O–H groups in total. The SMILES string of the molecule is CCN(CC)CCCNc1nc(C)cc(=O)[nH]1. The van der Waals surface area contributed by atoms with E-state index in [-0.39, 0.29) is 5.56 Å². The van der Waals surface area contributed by atoms with Crippen LogP contribution in [-0.2, 0) is 0 Å². The number of aromatic amines is 1. The van der Waals surface area contributed by atoms with Crippen LogP contribution in [0.4, 0.5) is 5.95 Å². The highest BCUT2D eigenvalue weighted by molar-refractivity contribution is 5.24. The average molecular weight is 238 g/mol. The lowest BCUT2D eigenvalue weighted by Crippen LogP contribution is -2.25. The van der Waals surface area contributed by atoms with Gasteiger partial charge in [0.15, 0.2) is 0 Å². The monoisotopic (exact) mass is 238 g/mol. The minimum atomic E-state index is -0.108. The summed E-state index contributed by atoms with van der Waals surface area (Å²) in [6.07, 6.45) is 1.04. The van der Waals surface area contributed by atoms with E-state index in [1.165, 1.54) is 6.07 Å². The molecule has 0 aliphatic heterocycles. The molecule has 0 aliphatic rings. The minimum Gasteiger partial charge on any atom is -0.356 e. The number of hydrogen-bond acceptors (Lipinski definition) is 4. The number of hydrogen-bond donors (Lipinski definition) is 2. The van der Waals surface area contributed by atoms with Crippen LogP contribution in [0.3, 0.4) is 0 Å². The van der Waals surface area contributed by atoms with Crippen molar-refractivity contribution < 1.29 is 0 Å². The highest BCUT2D eigenvalue weighted by atomic mass is 16.1. The second kappa shape index (κ2) is 7.06. The topological polar surface area (TPSA) is 61.0 Å². The van der Waals surface area contributed by atoms with Crippen molar-refractivity contribution in [2.24, 2.45) is 0 Å². The van der Waals surface area contributed by atoms with Gasteiger partial charge in [-0.25, -0.2) is 4.98 Å². The van der Waals surface area contributed by atoms with Crippen LogP contribution in [0, 0.1) is 6.92 Å². The van der Waals surface area contributed by atoms with Crippen LogP contribution < -0.4 is 10.9 Å². The Morgan fingerprint density at radius 1 is 1.41 bits per heavy atom. The van der Waals surface area contributed by atoms with E-state index in [4.69, 9.17) is 0 Å². The highest BCUT2D eigenvalue weighted by Crippen LogP contribution is 1.96. The third kappa shape index (κ3) is 4.99. The molecule has 1 aromatic heterocycles. The van der Waals surface area contributed by atoms with Crippen LogP contribution in [0.2, 0.25) is 0 Å². The molecule has 0 amide bonds. The number of nitrogens with one attached hydrogen (secondary N) is 2. The predicted molar refractivity (Wildman–Crippen MR) is 70.5 cm³/mol. The molecule has 0 saturated heterocycles. The number of H-pyrrole nitrogens is 1. The number of anilines is 1. The van der Waals surface area contributed by atoms with Crippen molar-refractivity contribution in [2.45, 2.75) is 27.2 Å². The third-order valence-electron chi connectivity index (χ3n) is 2.71. The predicted octanol–water partition coefficient (Wildman–Crippen LogP) is 1.22. The summed E-state index contributed by atoms with van der Waals surface area (Å²) in [5.74, 6) is 0.564. The fourth-order valence-corrected chi connectivity index (χ4v) is 1.71. The maximum Gasteiger partial charge on any atom is 0.252 e. The average Bonchev–Trinajstić information content (AvgIpc) is 2.28. The van der Waals surface area contributed by atoms with Crippen molar-refractivity contribution in [3.63, 3.8) is 0 Å². The van der Waals surface area contributed by atoms with Crippen LogP contribution in [0.25, 0.3) is 0 Å². The van der Waals surface area contributed by atoms with Gasteiger partial charge >= 0.3 is 0 Å². The Kier molecular flexibility index (Phi) is 5.69. The van der Waals surface area contributed by atoms with E-state index in [2.05, 4.69) is 34.0 Å². The first-order valence-corrected chi connectivity index (χ1v) is 6.20. The molecular formula is C12H22N4O. The molecule has 0 spiro atoms. The minimum absolute atomic E-state index is 0.108. The summed E-state index contributed by atoms with van der Waals surface area (Å²) in [5, 5.41) is 3.14. The number of aryl methyl sites for hydroxylation is 1. The summed E-state index contributed by atoms with van der Waals surface area (Å²) in [4.78, 5) is 20.5. The largest absolute Gasteiger partial charge is 0.356 e. The van der Waals surface area contributed by atoms with E-state index < -0.39 is 0 Å². The van der Waals surface area contributed by atoms with Gasteiger partial charge in [0, 0.05) is 18.3 Å². The van der Waals surface area contributed by atoms with Gasteiger partial charge < -0.3 is 10.2 Å². The maximum absolute atomic E-state index is 11.2. The van der Waals surface area contributed by atoms with Crippen LogP contribution in [0.15, 0.2) is 10.9 Å². The molecule has 0 radical (unpaired) electrons. The third-order valence-corrected chi connectivity index (χ3v) is 2.71. The van der Waals surface area contributed by atoms with Gasteiger partial charge in [-0.15, -0.1) is 0 Å². The Hall–Kier alpha value is -1.36. The normalized spacial score (nSPS) is 10.8. The van der Waals surface area contributed by atoms with E-state index in [1.807, 2.05) is 6.92 Å². The van der Waals surface area contributed by atoms with Crippen molar-refractivity contribution in [1.29, 1.82) is 0 Å². The van der Waals surface area contributed by atoms with Crippen molar-refractivity contribution in [3.05, 3.63) is 22.1 Å². The highest BCUT2D eigenvalue weighted by Gasteiger charge is 1.99. The van der Waals surface area contributed by atoms with E-state index in [1.54, 1.807) is 0 Å². The molecule has 5 nitrogen and oxygen atoms in total. The smallest absolute Gasteiger partial charge is 0.252 e. The Morgan fingerprint density at radius 3 is 2.71 bits per heavy atom. The number of aromatic nitrogens is 2. The quantitative estimate of drug-likeness (QED) is 0.701. The lowest BCUT2D eigenvalue weighted by atomic mass is 10.3. The number of nitrogens with zero attached hydrogens (tertiary/aromatic N) is 2. The fraction of sp³-hybridized carbons (Fsp3) is 0.667. The van der Waals surface area contributed by atoms with Crippen LogP contribution in [0.5, 0.6) is 0 Å². The number of rotatable bonds is 7. The van der Waals surface area contributed by atoms with Crippen molar-refractivity contribution in [2.75, 3.05) is 31.5 Å². The summed E-state index contributed by atoms with van der Waals surface area (Å²) >= 11 is 0. The molecule has 96 valence electrons. The molecule has 1 rings (SSSR count). The van der Waals surface area contributed by atoms with Gasteiger partial charge in [0.25, 0.3) is 5.56 Å². The summed E-state index contributed by atoms with van der Waals surface area (Å²) in [7, 11) is 0. The van der Waals surface area contributed by atoms with E-state index in [0.29, 0.717) is 5.95 Å². The molecule has 0 unspecified atom stereocenters. The Labute approximate surface area is 102 Å². The Balaban J connectivity index is 2.33. The second-order valence-electron chi connectivity index (χ2n) is 4.04. The first kappa shape index (κ1) is 13.7. The molecule has 0 aliphatic carbocycles. The van der Waals surface area contributed by atoms with Gasteiger partial charge in [0.2, 0.25) is 5.95 Å². The Bertz CT molecular complexity index is 384. The van der Waals surface area contributed by atoms with E-state index >= 15 is 0 Å². The molecule has 17 heavy (non-hydrogen) atoms. The first-order chi connectivity index (χ1) is 8.15. The van der Waals surface area contributed by atoms with Gasteiger partial charge in [0.1, 0.15) is 0 Å². The zero-order chi connectivity index (χ0) is 12.7. The maximum atomic E-state index is 11.2. The zero-order valence-electron chi connectivity index (χ0n) is 10.9. The summed E-state index contributed by atoms with van der Waals surface area (Å²) in [6, 6.07) is 1.49. The Morgan fingerprint density at radius 2 is 2.12 bits per heavy atom. The zero-order valence-corrected chi connectivity index (χ0v) is 10.9. The molecule has 0 fully saturated rings.